The quantitative estimate of drug-likeness (QED) is 0.201. The first kappa shape index (κ1) is 23.1. The summed E-state index contributed by atoms with van der Waals surface area (Å²) in [5.41, 5.74) is 16.8. The van der Waals surface area contributed by atoms with Gasteiger partial charge in [-0.3, -0.25) is 0 Å². The maximum Gasteiger partial charge on any atom is 0.253 e. The van der Waals surface area contributed by atoms with Gasteiger partial charge in [0.1, 0.15) is 0 Å². The van der Waals surface area contributed by atoms with Gasteiger partial charge in [0.05, 0.1) is 0 Å². The highest BCUT2D eigenvalue weighted by Gasteiger charge is 2.46. The summed E-state index contributed by atoms with van der Waals surface area (Å²) >= 11 is 0. The van der Waals surface area contributed by atoms with Crippen LogP contribution in [0, 0.1) is 0 Å². The first-order chi connectivity index (χ1) is 21.4. The average molecular weight is 544 g/mol. The molecule has 43 heavy (non-hydrogen) atoms. The molecule has 3 heteroatoms. The summed E-state index contributed by atoms with van der Waals surface area (Å²) in [6, 6.07) is 56.0. The van der Waals surface area contributed by atoms with Crippen molar-refractivity contribution in [1.82, 2.24) is 0 Å². The second-order valence-electron chi connectivity index (χ2n) is 11.7. The number of rotatable bonds is 2. The van der Waals surface area contributed by atoms with Gasteiger partial charge >= 0.3 is 0 Å². The molecule has 0 spiro atoms. The van der Waals surface area contributed by atoms with Crippen LogP contribution in [0.25, 0.3) is 33.0 Å². The number of hydrogen-bond donors (Lipinski definition) is 0. The Labute approximate surface area is 251 Å². The van der Waals surface area contributed by atoms with Gasteiger partial charge in [-0.05, 0) is 110 Å². The van der Waals surface area contributed by atoms with Gasteiger partial charge in [0.15, 0.2) is 0 Å². The van der Waals surface area contributed by atoms with Crippen LogP contribution in [-0.4, -0.2) is 6.71 Å². The molecule has 0 amide bonds. The highest BCUT2D eigenvalue weighted by atomic mass is 15.2. The summed E-state index contributed by atoms with van der Waals surface area (Å²) in [5.74, 6) is 0. The molecule has 10 rings (SSSR count). The lowest BCUT2D eigenvalue weighted by atomic mass is 9.32. The number of fused-ring (bicyclic) bond motifs is 4. The van der Waals surface area contributed by atoms with E-state index in [2.05, 4.69) is 161 Å². The van der Waals surface area contributed by atoms with Crippen molar-refractivity contribution in [3.8, 4) is 22.3 Å². The maximum atomic E-state index is 2.48. The predicted octanol–water partition coefficient (Wildman–Crippen LogP) is 8.57. The van der Waals surface area contributed by atoms with E-state index in [1.165, 1.54) is 83.5 Å². The highest BCUT2D eigenvalue weighted by molar-refractivity contribution is 7.02. The number of nitrogens with zero attached hydrogens (tertiary/aromatic N) is 2. The van der Waals surface area contributed by atoms with Gasteiger partial charge in [-0.1, -0.05) is 91.0 Å². The van der Waals surface area contributed by atoms with Gasteiger partial charge in [0, 0.05) is 34.1 Å². The van der Waals surface area contributed by atoms with Crippen molar-refractivity contribution in [3.63, 3.8) is 0 Å². The van der Waals surface area contributed by atoms with E-state index in [0.717, 1.165) is 0 Å². The summed E-state index contributed by atoms with van der Waals surface area (Å²) in [6.45, 7) is 0.110. The number of hydrogen-bond acceptors (Lipinski definition) is 2. The Bertz CT molecular complexity index is 2100. The minimum atomic E-state index is 0.110. The lowest BCUT2D eigenvalue weighted by Crippen LogP contribution is -2.61. The summed E-state index contributed by atoms with van der Waals surface area (Å²) in [5, 5.41) is 2.54. The molecule has 0 saturated carbocycles. The molecule has 0 saturated heterocycles. The van der Waals surface area contributed by atoms with Crippen molar-refractivity contribution < 1.29 is 0 Å². The minimum absolute atomic E-state index is 0.110. The van der Waals surface area contributed by atoms with Crippen LogP contribution < -0.4 is 26.2 Å². The Balaban J connectivity index is 1.42. The molecule has 0 radical (unpaired) electrons. The lowest BCUT2D eigenvalue weighted by Gasteiger charge is -2.44. The van der Waals surface area contributed by atoms with Crippen LogP contribution in [-0.2, 0) is 0 Å². The van der Waals surface area contributed by atoms with Crippen LogP contribution in [0.15, 0.2) is 152 Å². The molecule has 3 aliphatic rings. The molecule has 0 atom stereocenters. The fourth-order valence-corrected chi connectivity index (χ4v) is 7.89. The lowest BCUT2D eigenvalue weighted by molar-refractivity contribution is 1.25. The van der Waals surface area contributed by atoms with E-state index >= 15 is 0 Å². The topological polar surface area (TPSA) is 6.48 Å². The van der Waals surface area contributed by atoms with Crippen LogP contribution in [0.1, 0.15) is 0 Å². The molecule has 0 bridgehead atoms. The molecule has 3 heterocycles. The van der Waals surface area contributed by atoms with E-state index in [4.69, 9.17) is 0 Å². The van der Waals surface area contributed by atoms with E-state index in [1.807, 2.05) is 0 Å². The molecule has 0 unspecified atom stereocenters. The SMILES string of the molecule is c1ccc(N2c3cccc4c3B3c5c(cccc5N(c5ccccc5)c5cccc2c53)-c2cc3ccccc3cc2-4)cc1. The summed E-state index contributed by atoms with van der Waals surface area (Å²) in [7, 11) is 0. The predicted molar refractivity (Wildman–Crippen MR) is 182 cm³/mol. The van der Waals surface area contributed by atoms with E-state index in [0.29, 0.717) is 0 Å². The first-order valence-electron chi connectivity index (χ1n) is 15.0. The second-order valence-corrected chi connectivity index (χ2v) is 11.7. The van der Waals surface area contributed by atoms with Crippen molar-refractivity contribution in [2.24, 2.45) is 0 Å². The van der Waals surface area contributed by atoms with Crippen molar-refractivity contribution in [1.29, 1.82) is 0 Å². The van der Waals surface area contributed by atoms with E-state index in [9.17, 15) is 0 Å². The van der Waals surface area contributed by atoms with Gasteiger partial charge in [-0.2, -0.15) is 0 Å². The van der Waals surface area contributed by atoms with Crippen LogP contribution in [0.5, 0.6) is 0 Å². The Kier molecular flexibility index (Phi) is 4.56. The third kappa shape index (κ3) is 3.03. The van der Waals surface area contributed by atoms with E-state index in [1.54, 1.807) is 0 Å². The highest BCUT2D eigenvalue weighted by Crippen LogP contribution is 2.48. The summed E-state index contributed by atoms with van der Waals surface area (Å²) in [6.07, 6.45) is 0. The monoisotopic (exact) mass is 544 g/mol. The van der Waals surface area contributed by atoms with Gasteiger partial charge in [0.25, 0.3) is 6.71 Å². The molecule has 2 nitrogen and oxygen atoms in total. The molecule has 7 aromatic carbocycles. The average Bonchev–Trinajstić information content (AvgIpc) is 3.19. The number of benzene rings is 7. The fraction of sp³-hybridized carbons (Fsp3) is 0. The summed E-state index contributed by atoms with van der Waals surface area (Å²) in [4.78, 5) is 4.97. The van der Waals surface area contributed by atoms with E-state index in [-0.39, 0.29) is 6.71 Å². The van der Waals surface area contributed by atoms with E-state index < -0.39 is 0 Å². The normalized spacial score (nSPS) is 13.4. The van der Waals surface area contributed by atoms with Gasteiger partial charge < -0.3 is 9.80 Å². The standard InChI is InChI=1S/C40H25BN2/c1-3-14-28(15-4-1)42-34-20-9-18-30-32-24-26-12-7-8-13-27(26)25-33(32)31-19-10-21-35-39(31)41(38(30)34)40-36(42)22-11-23-37(40)43(35)29-16-5-2-6-17-29/h1-25H. The van der Waals surface area contributed by atoms with Gasteiger partial charge in [-0.25, -0.2) is 0 Å². The molecule has 7 aromatic rings. The van der Waals surface area contributed by atoms with Crippen LogP contribution in [0.2, 0.25) is 0 Å². The maximum absolute atomic E-state index is 2.48. The molecule has 0 aliphatic carbocycles. The molecule has 3 aliphatic heterocycles. The van der Waals surface area contributed by atoms with Crippen LogP contribution in [0.4, 0.5) is 34.1 Å². The largest absolute Gasteiger partial charge is 0.311 e. The molecule has 0 N–H and O–H groups in total. The Morgan fingerprint density at radius 1 is 0.326 bits per heavy atom. The number of para-hydroxylation sites is 2. The Morgan fingerprint density at radius 3 is 1.19 bits per heavy atom. The third-order valence-corrected chi connectivity index (χ3v) is 9.55. The molecule has 0 fully saturated rings. The third-order valence-electron chi connectivity index (χ3n) is 9.55. The van der Waals surface area contributed by atoms with Crippen molar-refractivity contribution in [2.75, 3.05) is 9.80 Å². The molecular formula is C40H25BN2. The fourth-order valence-electron chi connectivity index (χ4n) is 7.89. The first-order valence-corrected chi connectivity index (χ1v) is 15.0. The second kappa shape index (κ2) is 8.50. The van der Waals surface area contributed by atoms with Crippen molar-refractivity contribution in [3.05, 3.63) is 152 Å². The minimum Gasteiger partial charge on any atom is -0.311 e. The Morgan fingerprint density at radius 2 is 0.721 bits per heavy atom. The molecule has 0 aromatic heterocycles. The Hall–Kier alpha value is -5.54. The van der Waals surface area contributed by atoms with Crippen LogP contribution in [0.3, 0.4) is 0 Å². The van der Waals surface area contributed by atoms with Gasteiger partial charge in [-0.15, -0.1) is 0 Å². The van der Waals surface area contributed by atoms with Gasteiger partial charge in [0.2, 0.25) is 0 Å². The molecule has 198 valence electrons. The molecular weight excluding hydrogens is 519 g/mol. The van der Waals surface area contributed by atoms with Crippen molar-refractivity contribution >= 4 is 68.0 Å². The van der Waals surface area contributed by atoms with Crippen molar-refractivity contribution in [2.45, 2.75) is 0 Å². The zero-order valence-corrected chi connectivity index (χ0v) is 23.4. The number of anilines is 6. The smallest absolute Gasteiger partial charge is 0.253 e. The zero-order valence-electron chi connectivity index (χ0n) is 23.4. The van der Waals surface area contributed by atoms with Crippen LogP contribution >= 0.6 is 0 Å². The summed E-state index contributed by atoms with van der Waals surface area (Å²) < 4.78 is 0. The zero-order chi connectivity index (χ0) is 28.1.